The minimum absolute atomic E-state index is 0.0929. The van der Waals surface area contributed by atoms with Gasteiger partial charge in [0.25, 0.3) is 5.89 Å². The third-order valence-electron chi connectivity index (χ3n) is 5.82. The molecule has 11 nitrogen and oxygen atoms in total. The SMILES string of the molecule is Cn1ccc(-c2nnc(C(=O)N3CCc4[nH]cnc4C3c3cc4cc(C(F)(F)F)ccn4n3)o2)n1. The summed E-state index contributed by atoms with van der Waals surface area (Å²) in [7, 11) is 1.73. The molecule has 1 atom stereocenters. The Morgan fingerprint density at radius 1 is 1.17 bits per heavy atom. The van der Waals surface area contributed by atoms with Crippen LogP contribution in [-0.4, -0.2) is 56.9 Å². The quantitative estimate of drug-likeness (QED) is 0.419. The van der Waals surface area contributed by atoms with Gasteiger partial charge in [0.05, 0.1) is 28.8 Å². The average molecular weight is 483 g/mol. The molecule has 6 heterocycles. The van der Waals surface area contributed by atoms with Gasteiger partial charge >= 0.3 is 18.0 Å². The number of alkyl halides is 3. The molecule has 0 bridgehead atoms. The van der Waals surface area contributed by atoms with Crippen LogP contribution < -0.4 is 0 Å². The van der Waals surface area contributed by atoms with Crippen LogP contribution in [0, 0.1) is 0 Å². The van der Waals surface area contributed by atoms with E-state index in [4.69, 9.17) is 4.42 Å². The van der Waals surface area contributed by atoms with E-state index in [-0.39, 0.29) is 23.8 Å². The van der Waals surface area contributed by atoms with Gasteiger partial charge in [-0.05, 0) is 24.3 Å². The van der Waals surface area contributed by atoms with Crippen LogP contribution in [0.15, 0.2) is 47.4 Å². The van der Waals surface area contributed by atoms with Gasteiger partial charge in [0.15, 0.2) is 0 Å². The molecule has 1 amide bonds. The molecule has 1 unspecified atom stereocenters. The molecule has 14 heteroatoms. The van der Waals surface area contributed by atoms with Crippen molar-refractivity contribution in [3.05, 3.63) is 71.5 Å². The van der Waals surface area contributed by atoms with Crippen LogP contribution in [0.3, 0.4) is 0 Å². The van der Waals surface area contributed by atoms with Crippen molar-refractivity contribution >= 4 is 11.4 Å². The summed E-state index contributed by atoms with van der Waals surface area (Å²) in [6, 6.07) is 4.38. The van der Waals surface area contributed by atoms with Crippen molar-refractivity contribution in [1.29, 1.82) is 0 Å². The van der Waals surface area contributed by atoms with Crippen molar-refractivity contribution < 1.29 is 22.4 Å². The Kier molecular flexibility index (Phi) is 4.52. The van der Waals surface area contributed by atoms with E-state index in [1.165, 1.54) is 28.0 Å². The van der Waals surface area contributed by atoms with Gasteiger partial charge < -0.3 is 14.3 Å². The lowest BCUT2D eigenvalue weighted by Crippen LogP contribution is -2.41. The number of carbonyl (C=O) groups is 1. The Labute approximate surface area is 194 Å². The van der Waals surface area contributed by atoms with Gasteiger partial charge in [-0.3, -0.25) is 9.48 Å². The van der Waals surface area contributed by atoms with Gasteiger partial charge in [-0.15, -0.1) is 10.2 Å². The van der Waals surface area contributed by atoms with Gasteiger partial charge in [0.2, 0.25) is 0 Å². The number of amides is 1. The van der Waals surface area contributed by atoms with Crippen LogP contribution in [0.5, 0.6) is 0 Å². The molecule has 0 saturated heterocycles. The summed E-state index contributed by atoms with van der Waals surface area (Å²) in [6.07, 6.45) is 0.449. The number of aromatic amines is 1. The summed E-state index contributed by atoms with van der Waals surface area (Å²) in [5.41, 5.74) is 1.58. The number of halogens is 3. The highest BCUT2D eigenvalue weighted by Gasteiger charge is 2.38. The first-order chi connectivity index (χ1) is 16.8. The molecule has 0 fully saturated rings. The normalized spacial score (nSPS) is 16.1. The molecule has 178 valence electrons. The maximum Gasteiger partial charge on any atom is 0.416 e. The number of H-pyrrole nitrogens is 1. The highest BCUT2D eigenvalue weighted by atomic mass is 19.4. The summed E-state index contributed by atoms with van der Waals surface area (Å²) in [4.78, 5) is 22.3. The number of aromatic nitrogens is 8. The third-order valence-corrected chi connectivity index (χ3v) is 5.82. The maximum absolute atomic E-state index is 13.4. The zero-order valence-corrected chi connectivity index (χ0v) is 18.1. The number of rotatable bonds is 3. The van der Waals surface area contributed by atoms with Crippen molar-refractivity contribution in [3.8, 4) is 11.6 Å². The standard InChI is InChI=1S/C21H16F3N9O2/c1-31-5-3-14(29-31)18-27-28-19(35-18)20(34)32-6-4-13-16(26-10-25-13)17(32)15-9-12-8-11(21(22,23)24)2-7-33(12)30-15/h2-3,5,7-10,17H,4,6H2,1H3,(H,25,26). The Bertz CT molecular complexity index is 1560. The molecule has 0 aromatic carbocycles. The van der Waals surface area contributed by atoms with Crippen LogP contribution in [0.4, 0.5) is 13.2 Å². The number of carbonyl (C=O) groups excluding carboxylic acids is 1. The Balaban J connectivity index is 1.39. The molecule has 6 rings (SSSR count). The van der Waals surface area contributed by atoms with Gasteiger partial charge in [-0.25, -0.2) is 9.50 Å². The van der Waals surface area contributed by atoms with Crippen molar-refractivity contribution in [2.75, 3.05) is 6.54 Å². The number of aryl methyl sites for hydroxylation is 1. The summed E-state index contributed by atoms with van der Waals surface area (Å²) in [5, 5.41) is 16.5. The van der Waals surface area contributed by atoms with E-state index in [9.17, 15) is 18.0 Å². The van der Waals surface area contributed by atoms with Gasteiger partial charge in [0, 0.05) is 38.1 Å². The number of hydrogen-bond acceptors (Lipinski definition) is 7. The van der Waals surface area contributed by atoms with Crippen LogP contribution in [0.2, 0.25) is 0 Å². The number of nitrogens with one attached hydrogen (secondary N) is 1. The average Bonchev–Trinajstić information content (AvgIpc) is 3.62. The van der Waals surface area contributed by atoms with Crippen LogP contribution in [0.1, 0.15) is 39.4 Å². The van der Waals surface area contributed by atoms with E-state index in [0.29, 0.717) is 23.5 Å². The molecule has 0 aliphatic carbocycles. The fourth-order valence-electron chi connectivity index (χ4n) is 4.18. The summed E-state index contributed by atoms with van der Waals surface area (Å²) in [5.74, 6) is -0.695. The maximum atomic E-state index is 13.4. The van der Waals surface area contributed by atoms with Crippen LogP contribution in [-0.2, 0) is 19.6 Å². The topological polar surface area (TPSA) is 123 Å². The van der Waals surface area contributed by atoms with E-state index in [1.54, 1.807) is 24.0 Å². The van der Waals surface area contributed by atoms with Crippen LogP contribution >= 0.6 is 0 Å². The molecule has 1 aliphatic heterocycles. The second kappa shape index (κ2) is 7.51. The first kappa shape index (κ1) is 21.1. The lowest BCUT2D eigenvalue weighted by Gasteiger charge is -2.32. The molecule has 1 aliphatic rings. The lowest BCUT2D eigenvalue weighted by molar-refractivity contribution is -0.137. The number of nitrogens with zero attached hydrogens (tertiary/aromatic N) is 8. The summed E-state index contributed by atoms with van der Waals surface area (Å²) >= 11 is 0. The van der Waals surface area contributed by atoms with Gasteiger partial charge in [-0.2, -0.15) is 23.4 Å². The van der Waals surface area contributed by atoms with Gasteiger partial charge in [-0.1, -0.05) is 0 Å². The molecule has 0 radical (unpaired) electrons. The van der Waals surface area contributed by atoms with E-state index in [0.717, 1.165) is 17.8 Å². The molecular formula is C21H16F3N9O2. The van der Waals surface area contributed by atoms with E-state index < -0.39 is 23.7 Å². The fourth-order valence-corrected chi connectivity index (χ4v) is 4.18. The zero-order valence-electron chi connectivity index (χ0n) is 18.1. The van der Waals surface area contributed by atoms with Crippen molar-refractivity contribution in [2.45, 2.75) is 18.6 Å². The number of pyridine rings is 1. The Morgan fingerprint density at radius 2 is 2.03 bits per heavy atom. The first-order valence-corrected chi connectivity index (χ1v) is 10.5. The molecule has 0 saturated carbocycles. The van der Waals surface area contributed by atoms with Crippen molar-refractivity contribution in [3.63, 3.8) is 0 Å². The molecule has 1 N–H and O–H groups in total. The fraction of sp³-hybridized carbons (Fsp3) is 0.238. The largest absolute Gasteiger partial charge is 0.416 e. The predicted molar refractivity (Wildman–Crippen MR) is 112 cm³/mol. The molecule has 5 aromatic heterocycles. The van der Waals surface area contributed by atoms with E-state index in [2.05, 4.69) is 30.4 Å². The van der Waals surface area contributed by atoms with Crippen molar-refractivity contribution in [2.24, 2.45) is 7.05 Å². The smallest absolute Gasteiger partial charge is 0.411 e. The highest BCUT2D eigenvalue weighted by Crippen LogP contribution is 2.35. The van der Waals surface area contributed by atoms with Crippen LogP contribution in [0.25, 0.3) is 17.1 Å². The number of imidazole rings is 1. The summed E-state index contributed by atoms with van der Waals surface area (Å²) < 4.78 is 48.1. The minimum atomic E-state index is -4.49. The Morgan fingerprint density at radius 3 is 2.80 bits per heavy atom. The second-order valence-electron chi connectivity index (χ2n) is 8.06. The third kappa shape index (κ3) is 3.53. The van der Waals surface area contributed by atoms with E-state index >= 15 is 0 Å². The molecule has 5 aromatic rings. The second-order valence-corrected chi connectivity index (χ2v) is 8.06. The molecule has 0 spiro atoms. The van der Waals surface area contributed by atoms with E-state index in [1.807, 2.05) is 0 Å². The number of hydrogen-bond donors (Lipinski definition) is 1. The predicted octanol–water partition coefficient (Wildman–Crippen LogP) is 2.65. The Hall–Kier alpha value is -4.49. The monoisotopic (exact) mass is 483 g/mol. The number of fused-ring (bicyclic) bond motifs is 2. The zero-order chi connectivity index (χ0) is 24.3. The van der Waals surface area contributed by atoms with Gasteiger partial charge in [0.1, 0.15) is 11.7 Å². The highest BCUT2D eigenvalue weighted by molar-refractivity contribution is 5.90. The molecule has 35 heavy (non-hydrogen) atoms. The van der Waals surface area contributed by atoms with Crippen molar-refractivity contribution in [1.82, 2.24) is 44.5 Å². The summed E-state index contributed by atoms with van der Waals surface area (Å²) in [6.45, 7) is 0.279. The minimum Gasteiger partial charge on any atom is -0.411 e. The first-order valence-electron chi connectivity index (χ1n) is 10.5. The molecular weight excluding hydrogens is 467 g/mol. The lowest BCUT2D eigenvalue weighted by atomic mass is 9.99.